The number of pyridine rings is 1. The topological polar surface area (TPSA) is 77.5 Å². The van der Waals surface area contributed by atoms with Crippen LogP contribution in [0.15, 0.2) is 67.0 Å². The summed E-state index contributed by atoms with van der Waals surface area (Å²) in [5.41, 5.74) is 5.61. The number of hydrogen-bond donors (Lipinski definition) is 3. The first-order valence-corrected chi connectivity index (χ1v) is 11.6. The molecule has 0 unspecified atom stereocenters. The predicted octanol–water partition coefficient (Wildman–Crippen LogP) is 4.11. The third kappa shape index (κ3) is 6.18. The highest BCUT2D eigenvalue weighted by Crippen LogP contribution is 2.26. The van der Waals surface area contributed by atoms with E-state index in [1.807, 2.05) is 49.4 Å². The van der Waals surface area contributed by atoms with E-state index in [4.69, 9.17) is 0 Å². The lowest BCUT2D eigenvalue weighted by Gasteiger charge is -2.21. The molecule has 1 aliphatic rings. The van der Waals surface area contributed by atoms with Gasteiger partial charge in [-0.3, -0.25) is 9.78 Å². The van der Waals surface area contributed by atoms with E-state index in [1.165, 1.54) is 18.4 Å². The van der Waals surface area contributed by atoms with Crippen molar-refractivity contribution in [1.29, 1.82) is 0 Å². The standard InChI is InChI=1S/C27H32N4O2/c1-20-6-11-25(31-15-2-3-16-31)24(17-20)27(33)30-23-9-7-21(8-10-23)12-14-29-19-26(32)22-5-4-13-28-18-22/h4-11,13,17-18,26,29,32H,2-3,12,14-16,19H2,1H3,(H,30,33)/t26-/m0/s1. The first kappa shape index (κ1) is 23.0. The number of hydrogen-bond acceptors (Lipinski definition) is 5. The van der Waals surface area contributed by atoms with Crippen molar-refractivity contribution in [2.45, 2.75) is 32.3 Å². The first-order valence-electron chi connectivity index (χ1n) is 11.6. The van der Waals surface area contributed by atoms with Crippen molar-refractivity contribution in [2.75, 3.05) is 36.4 Å². The van der Waals surface area contributed by atoms with Crippen molar-refractivity contribution < 1.29 is 9.90 Å². The van der Waals surface area contributed by atoms with Gasteiger partial charge >= 0.3 is 0 Å². The third-order valence-corrected chi connectivity index (χ3v) is 6.05. The number of benzene rings is 2. The number of nitrogens with zero attached hydrogens (tertiary/aromatic N) is 2. The van der Waals surface area contributed by atoms with E-state index in [-0.39, 0.29) is 5.91 Å². The Balaban J connectivity index is 1.29. The molecule has 2 aromatic carbocycles. The number of aliphatic hydroxyl groups excluding tert-OH is 1. The summed E-state index contributed by atoms with van der Waals surface area (Å²) >= 11 is 0. The maximum atomic E-state index is 13.0. The zero-order valence-corrected chi connectivity index (χ0v) is 19.1. The summed E-state index contributed by atoms with van der Waals surface area (Å²) in [6, 6.07) is 17.8. The second-order valence-corrected chi connectivity index (χ2v) is 8.62. The summed E-state index contributed by atoms with van der Waals surface area (Å²) in [5, 5.41) is 16.5. The Morgan fingerprint density at radius 1 is 1.12 bits per heavy atom. The molecule has 172 valence electrons. The Morgan fingerprint density at radius 2 is 1.91 bits per heavy atom. The zero-order chi connectivity index (χ0) is 23.0. The van der Waals surface area contributed by atoms with Gasteiger partial charge in [-0.1, -0.05) is 29.8 Å². The Bertz CT molecular complexity index is 1050. The summed E-state index contributed by atoms with van der Waals surface area (Å²) in [7, 11) is 0. The highest BCUT2D eigenvalue weighted by Gasteiger charge is 2.19. The van der Waals surface area contributed by atoms with Gasteiger partial charge in [-0.25, -0.2) is 0 Å². The van der Waals surface area contributed by atoms with Crippen LogP contribution in [-0.4, -0.2) is 42.2 Å². The van der Waals surface area contributed by atoms with Gasteiger partial charge in [0.05, 0.1) is 11.7 Å². The molecule has 3 aromatic rings. The number of carbonyl (C=O) groups is 1. The quantitative estimate of drug-likeness (QED) is 0.433. The molecule has 33 heavy (non-hydrogen) atoms. The van der Waals surface area contributed by atoms with Gasteiger partial charge in [-0.2, -0.15) is 0 Å². The Morgan fingerprint density at radius 3 is 2.64 bits per heavy atom. The van der Waals surface area contributed by atoms with Crippen LogP contribution < -0.4 is 15.5 Å². The second kappa shape index (κ2) is 11.1. The molecule has 1 aromatic heterocycles. The van der Waals surface area contributed by atoms with Gasteiger partial charge in [-0.05, 0) is 68.6 Å². The molecule has 0 aliphatic carbocycles. The highest BCUT2D eigenvalue weighted by atomic mass is 16.3. The summed E-state index contributed by atoms with van der Waals surface area (Å²) < 4.78 is 0. The number of amides is 1. The molecule has 4 rings (SSSR count). The van der Waals surface area contributed by atoms with Gasteiger partial charge in [0.2, 0.25) is 0 Å². The molecular formula is C27H32N4O2. The molecule has 0 bridgehead atoms. The molecule has 6 nitrogen and oxygen atoms in total. The number of aromatic nitrogens is 1. The number of aliphatic hydroxyl groups is 1. The Labute approximate surface area is 195 Å². The smallest absolute Gasteiger partial charge is 0.257 e. The molecule has 1 fully saturated rings. The fourth-order valence-corrected chi connectivity index (χ4v) is 4.18. The van der Waals surface area contributed by atoms with Gasteiger partial charge in [0.15, 0.2) is 0 Å². The van der Waals surface area contributed by atoms with Gasteiger partial charge in [0, 0.05) is 49.0 Å². The number of aryl methyl sites for hydroxylation is 1. The van der Waals surface area contributed by atoms with E-state index in [2.05, 4.69) is 32.7 Å². The van der Waals surface area contributed by atoms with Crippen LogP contribution in [0.5, 0.6) is 0 Å². The van der Waals surface area contributed by atoms with Crippen molar-refractivity contribution in [1.82, 2.24) is 10.3 Å². The van der Waals surface area contributed by atoms with E-state index < -0.39 is 6.10 Å². The number of anilines is 2. The van der Waals surface area contributed by atoms with E-state index in [0.717, 1.165) is 54.1 Å². The maximum Gasteiger partial charge on any atom is 0.257 e. The number of nitrogens with one attached hydrogen (secondary N) is 2. The number of rotatable bonds is 9. The van der Waals surface area contributed by atoms with E-state index >= 15 is 0 Å². The van der Waals surface area contributed by atoms with Crippen LogP contribution in [0.3, 0.4) is 0 Å². The van der Waals surface area contributed by atoms with Crippen molar-refractivity contribution in [3.05, 3.63) is 89.2 Å². The summed E-state index contributed by atoms with van der Waals surface area (Å²) in [4.78, 5) is 19.4. The van der Waals surface area contributed by atoms with Crippen LogP contribution in [0, 0.1) is 6.92 Å². The highest BCUT2D eigenvalue weighted by molar-refractivity contribution is 6.08. The zero-order valence-electron chi connectivity index (χ0n) is 19.1. The lowest BCUT2D eigenvalue weighted by Crippen LogP contribution is -2.24. The molecule has 2 heterocycles. The fraction of sp³-hybridized carbons (Fsp3) is 0.333. The van der Waals surface area contributed by atoms with Crippen LogP contribution >= 0.6 is 0 Å². The summed E-state index contributed by atoms with van der Waals surface area (Å²) in [6.07, 6.45) is 6.00. The van der Waals surface area contributed by atoms with Crippen LogP contribution in [0.1, 0.15) is 46.0 Å². The molecule has 3 N–H and O–H groups in total. The lowest BCUT2D eigenvalue weighted by molar-refractivity contribution is 0.102. The van der Waals surface area contributed by atoms with Gasteiger partial charge in [0.1, 0.15) is 0 Å². The first-order chi connectivity index (χ1) is 16.1. The van der Waals surface area contributed by atoms with Gasteiger partial charge < -0.3 is 20.6 Å². The Kier molecular flexibility index (Phi) is 7.70. The summed E-state index contributed by atoms with van der Waals surface area (Å²) in [5.74, 6) is -0.0700. The monoisotopic (exact) mass is 444 g/mol. The predicted molar refractivity (Wildman–Crippen MR) is 133 cm³/mol. The second-order valence-electron chi connectivity index (χ2n) is 8.62. The molecule has 1 aliphatic heterocycles. The normalized spacial score (nSPS) is 14.3. The van der Waals surface area contributed by atoms with Gasteiger partial charge in [-0.15, -0.1) is 0 Å². The van der Waals surface area contributed by atoms with E-state index in [0.29, 0.717) is 6.54 Å². The minimum atomic E-state index is -0.566. The van der Waals surface area contributed by atoms with Crippen LogP contribution in [0.25, 0.3) is 0 Å². The molecule has 0 saturated carbocycles. The summed E-state index contributed by atoms with van der Waals surface area (Å²) in [6.45, 7) is 5.26. The minimum absolute atomic E-state index is 0.0700. The SMILES string of the molecule is Cc1ccc(N2CCCC2)c(C(=O)Nc2ccc(CCNC[C@H](O)c3cccnc3)cc2)c1. The molecular weight excluding hydrogens is 412 g/mol. The molecule has 1 amide bonds. The van der Waals surface area contributed by atoms with Crippen LogP contribution in [0.2, 0.25) is 0 Å². The number of carbonyl (C=O) groups excluding carboxylic acids is 1. The van der Waals surface area contributed by atoms with Gasteiger partial charge in [0.25, 0.3) is 5.91 Å². The van der Waals surface area contributed by atoms with Crippen molar-refractivity contribution in [2.24, 2.45) is 0 Å². The lowest BCUT2D eigenvalue weighted by atomic mass is 10.1. The third-order valence-electron chi connectivity index (χ3n) is 6.05. The molecule has 1 atom stereocenters. The maximum absolute atomic E-state index is 13.0. The van der Waals surface area contributed by atoms with E-state index in [1.54, 1.807) is 12.4 Å². The van der Waals surface area contributed by atoms with Crippen molar-refractivity contribution >= 4 is 17.3 Å². The molecule has 6 heteroatoms. The van der Waals surface area contributed by atoms with E-state index in [9.17, 15) is 9.90 Å². The minimum Gasteiger partial charge on any atom is -0.387 e. The van der Waals surface area contributed by atoms with Crippen LogP contribution in [0.4, 0.5) is 11.4 Å². The average Bonchev–Trinajstić information content (AvgIpc) is 3.38. The van der Waals surface area contributed by atoms with Crippen molar-refractivity contribution in [3.8, 4) is 0 Å². The van der Waals surface area contributed by atoms with Crippen molar-refractivity contribution in [3.63, 3.8) is 0 Å². The molecule has 1 saturated heterocycles. The fourth-order valence-electron chi connectivity index (χ4n) is 4.18. The average molecular weight is 445 g/mol. The molecule has 0 radical (unpaired) electrons. The van der Waals surface area contributed by atoms with Crippen LogP contribution in [-0.2, 0) is 6.42 Å². The molecule has 0 spiro atoms. The largest absolute Gasteiger partial charge is 0.387 e. The Hall–Kier alpha value is -3.22.